The van der Waals surface area contributed by atoms with E-state index in [1.54, 1.807) is 30.5 Å². The number of thioether (sulfide) groups is 1. The number of benzene rings is 2. The summed E-state index contributed by atoms with van der Waals surface area (Å²) in [6.07, 6.45) is 3.05. The van der Waals surface area contributed by atoms with E-state index in [-0.39, 0.29) is 0 Å². The Morgan fingerprint density at radius 3 is 2.81 bits per heavy atom. The molecule has 7 nitrogen and oxygen atoms in total. The summed E-state index contributed by atoms with van der Waals surface area (Å²) in [6.45, 7) is -0.528. The summed E-state index contributed by atoms with van der Waals surface area (Å²) in [6, 6.07) is 14.5. The van der Waals surface area contributed by atoms with Crippen molar-refractivity contribution in [2.45, 2.75) is 10.9 Å². The molecule has 27 heavy (non-hydrogen) atoms. The smallest absolute Gasteiger partial charge is 0.212 e. The van der Waals surface area contributed by atoms with Crippen LogP contribution in [0.3, 0.4) is 0 Å². The number of halogens is 1. The van der Waals surface area contributed by atoms with Gasteiger partial charge in [0.05, 0.1) is 12.2 Å². The molecule has 1 aromatic heterocycles. The van der Waals surface area contributed by atoms with Crippen molar-refractivity contribution < 1.29 is 14.6 Å². The highest BCUT2D eigenvalue weighted by molar-refractivity contribution is 7.98. The fraction of sp³-hybridized carbons (Fsp3) is 0.111. The molecule has 0 spiro atoms. The second kappa shape index (κ2) is 9.20. The molecule has 0 radical (unpaired) electrons. The number of rotatable bonds is 8. The Morgan fingerprint density at radius 1 is 1.26 bits per heavy atom. The molecule has 0 amide bonds. The first-order valence-corrected chi connectivity index (χ1v) is 9.21. The number of nitrogens with zero attached hydrogens (tertiary/aromatic N) is 4. The van der Waals surface area contributed by atoms with Crippen molar-refractivity contribution >= 4 is 35.5 Å². The zero-order valence-electron chi connectivity index (χ0n) is 14.0. The van der Waals surface area contributed by atoms with Crippen molar-refractivity contribution in [1.29, 1.82) is 0 Å². The Labute approximate surface area is 164 Å². The molecule has 0 bridgehead atoms. The molecule has 0 N–H and O–H groups in total. The lowest BCUT2D eigenvalue weighted by atomic mass is 10.2. The first kappa shape index (κ1) is 18.9. The molecule has 0 unspecified atom stereocenters. The van der Waals surface area contributed by atoms with Crippen LogP contribution < -0.4 is 9.84 Å². The molecule has 138 valence electrons. The molecular formula is C18H14ClN4O3S-. The van der Waals surface area contributed by atoms with Crippen molar-refractivity contribution in [3.63, 3.8) is 0 Å². The van der Waals surface area contributed by atoms with Crippen molar-refractivity contribution in [3.8, 4) is 5.75 Å². The van der Waals surface area contributed by atoms with E-state index in [1.165, 1.54) is 22.8 Å². The molecule has 2 aromatic carbocycles. The molecule has 0 fully saturated rings. The van der Waals surface area contributed by atoms with E-state index in [4.69, 9.17) is 16.3 Å². The number of carboxylic acids is 1. The maximum atomic E-state index is 10.6. The lowest BCUT2D eigenvalue weighted by Crippen LogP contribution is -2.29. The summed E-state index contributed by atoms with van der Waals surface area (Å²) in [5, 5.41) is 24.2. The van der Waals surface area contributed by atoms with Crippen LogP contribution in [0.15, 0.2) is 65.1 Å². The topological polar surface area (TPSA) is 92.4 Å². The highest BCUT2D eigenvalue weighted by atomic mass is 35.5. The van der Waals surface area contributed by atoms with Gasteiger partial charge in [-0.2, -0.15) is 9.78 Å². The van der Waals surface area contributed by atoms with Crippen molar-refractivity contribution in [2.75, 3.05) is 6.61 Å². The van der Waals surface area contributed by atoms with E-state index in [1.807, 2.05) is 24.3 Å². The van der Waals surface area contributed by atoms with E-state index in [2.05, 4.69) is 15.3 Å². The van der Waals surface area contributed by atoms with Gasteiger partial charge in [0.25, 0.3) is 0 Å². The number of carbonyl (C=O) groups is 1. The second-order valence-corrected chi connectivity index (χ2v) is 6.70. The normalized spacial score (nSPS) is 11.0. The summed E-state index contributed by atoms with van der Waals surface area (Å²) in [5.74, 6) is -0.202. The standard InChI is InChI=1S/C18H15ClN4O3S/c19-15-7-5-13(6-8-15)11-27-18-22-20-12-23(18)21-9-14-3-1-2-4-16(14)26-10-17(24)25/h1-9,12H,10-11H2,(H,24,25)/p-1/b21-9-. The van der Waals surface area contributed by atoms with Crippen LogP contribution in [-0.4, -0.2) is 33.7 Å². The summed E-state index contributed by atoms with van der Waals surface area (Å²) in [7, 11) is 0. The maximum absolute atomic E-state index is 10.6. The molecule has 0 aliphatic rings. The number of carbonyl (C=O) groups excluding carboxylic acids is 1. The number of aliphatic carboxylic acids is 1. The highest BCUT2D eigenvalue weighted by Crippen LogP contribution is 2.22. The molecule has 3 rings (SSSR count). The summed E-state index contributed by atoms with van der Waals surface area (Å²) >= 11 is 7.37. The lowest BCUT2D eigenvalue weighted by Gasteiger charge is -2.09. The third-order valence-corrected chi connectivity index (χ3v) is 4.62. The molecule has 0 aliphatic carbocycles. The van der Waals surface area contributed by atoms with Crippen LogP contribution >= 0.6 is 23.4 Å². The second-order valence-electron chi connectivity index (χ2n) is 5.32. The minimum atomic E-state index is -1.29. The summed E-state index contributed by atoms with van der Waals surface area (Å²) in [5.41, 5.74) is 1.73. The van der Waals surface area contributed by atoms with E-state index in [9.17, 15) is 9.90 Å². The maximum Gasteiger partial charge on any atom is 0.212 e. The van der Waals surface area contributed by atoms with Gasteiger partial charge in [0.1, 0.15) is 18.7 Å². The SMILES string of the molecule is O=C([O-])COc1ccccc1/C=N\n1cnnc1SCc1ccc(Cl)cc1. The van der Waals surface area contributed by atoms with Gasteiger partial charge in [0, 0.05) is 16.3 Å². The zero-order valence-corrected chi connectivity index (χ0v) is 15.6. The van der Waals surface area contributed by atoms with Gasteiger partial charge < -0.3 is 14.6 Å². The molecule has 3 aromatic rings. The fourth-order valence-electron chi connectivity index (χ4n) is 2.10. The minimum absolute atomic E-state index is 0.397. The Kier molecular flexibility index (Phi) is 6.45. The monoisotopic (exact) mass is 401 g/mol. The number of hydrogen-bond acceptors (Lipinski definition) is 7. The fourth-order valence-corrected chi connectivity index (χ4v) is 3.05. The zero-order chi connectivity index (χ0) is 19.1. The van der Waals surface area contributed by atoms with Crippen molar-refractivity contribution in [3.05, 3.63) is 71.0 Å². The van der Waals surface area contributed by atoms with Gasteiger partial charge in [-0.05, 0) is 29.8 Å². The third kappa shape index (κ3) is 5.57. The molecule has 9 heteroatoms. The molecule has 0 atom stereocenters. The van der Waals surface area contributed by atoms with Gasteiger partial charge in [-0.1, -0.05) is 47.6 Å². The molecule has 0 aliphatic heterocycles. The quantitative estimate of drug-likeness (QED) is 0.424. The molecular weight excluding hydrogens is 388 g/mol. The van der Waals surface area contributed by atoms with Crippen LogP contribution in [0.25, 0.3) is 0 Å². The van der Waals surface area contributed by atoms with Crippen LogP contribution in [0.4, 0.5) is 0 Å². The predicted octanol–water partition coefficient (Wildman–Crippen LogP) is 2.23. The van der Waals surface area contributed by atoms with Gasteiger partial charge in [0.2, 0.25) is 5.16 Å². The number of para-hydroxylation sites is 1. The first-order valence-electron chi connectivity index (χ1n) is 7.85. The van der Waals surface area contributed by atoms with Gasteiger partial charge in [-0.15, -0.1) is 10.2 Å². The van der Waals surface area contributed by atoms with Crippen molar-refractivity contribution in [2.24, 2.45) is 5.10 Å². The van der Waals surface area contributed by atoms with E-state index >= 15 is 0 Å². The van der Waals surface area contributed by atoms with Gasteiger partial charge in [-0.3, -0.25) is 0 Å². The van der Waals surface area contributed by atoms with Crippen LogP contribution in [0.5, 0.6) is 5.75 Å². The largest absolute Gasteiger partial charge is 0.546 e. The van der Waals surface area contributed by atoms with Gasteiger partial charge >= 0.3 is 0 Å². The van der Waals surface area contributed by atoms with E-state index in [0.717, 1.165) is 5.56 Å². The van der Waals surface area contributed by atoms with Crippen LogP contribution in [0.1, 0.15) is 11.1 Å². The van der Waals surface area contributed by atoms with Gasteiger partial charge in [0.15, 0.2) is 0 Å². The van der Waals surface area contributed by atoms with Crippen LogP contribution in [-0.2, 0) is 10.5 Å². The third-order valence-electron chi connectivity index (χ3n) is 3.37. The number of hydrogen-bond donors (Lipinski definition) is 0. The number of carboxylic acid groups (broad SMARTS) is 1. The van der Waals surface area contributed by atoms with Gasteiger partial charge in [-0.25, -0.2) is 0 Å². The summed E-state index contributed by atoms with van der Waals surface area (Å²) in [4.78, 5) is 10.6. The van der Waals surface area contributed by atoms with Crippen LogP contribution in [0.2, 0.25) is 5.02 Å². The molecule has 0 saturated carbocycles. The Bertz CT molecular complexity index is 944. The lowest BCUT2D eigenvalue weighted by molar-refractivity contribution is -0.307. The Balaban J connectivity index is 1.69. The van der Waals surface area contributed by atoms with E-state index < -0.39 is 12.6 Å². The molecule has 1 heterocycles. The van der Waals surface area contributed by atoms with Crippen LogP contribution in [0, 0.1) is 0 Å². The average molecular weight is 402 g/mol. The minimum Gasteiger partial charge on any atom is -0.546 e. The Hall–Kier alpha value is -2.84. The predicted molar refractivity (Wildman–Crippen MR) is 101 cm³/mol. The summed E-state index contributed by atoms with van der Waals surface area (Å²) < 4.78 is 6.74. The first-order chi connectivity index (χ1) is 13.1. The Morgan fingerprint density at radius 2 is 2.04 bits per heavy atom. The highest BCUT2D eigenvalue weighted by Gasteiger charge is 2.06. The average Bonchev–Trinajstić information content (AvgIpc) is 3.12. The number of aromatic nitrogens is 3. The number of ether oxygens (including phenoxy) is 1. The molecule has 0 saturated heterocycles. The van der Waals surface area contributed by atoms with Crippen molar-refractivity contribution in [1.82, 2.24) is 14.9 Å². The van der Waals surface area contributed by atoms with E-state index in [0.29, 0.717) is 27.2 Å².